The van der Waals surface area contributed by atoms with Crippen LogP contribution < -0.4 is 0 Å². The van der Waals surface area contributed by atoms with Crippen molar-refractivity contribution in [3.05, 3.63) is 58.2 Å². The van der Waals surface area contributed by atoms with E-state index in [0.29, 0.717) is 49.5 Å². The van der Waals surface area contributed by atoms with Gasteiger partial charge in [0.2, 0.25) is 5.91 Å². The summed E-state index contributed by atoms with van der Waals surface area (Å²) in [6.45, 7) is 8.92. The fourth-order valence-electron chi connectivity index (χ4n) is 4.03. The minimum Gasteiger partial charge on any atom is -0.339 e. The minimum absolute atomic E-state index is 0.00248. The van der Waals surface area contributed by atoms with Crippen LogP contribution >= 0.6 is 0 Å². The molecule has 0 radical (unpaired) electrons. The number of rotatable bonds is 4. The standard InChI is InChI=1S/C22H26FN3O3/c1-14-20(16(3)27)15(2)26(13-18-5-7-19(23)8-6-18)21(14)22(29)25-11-9-24(10-12-25)17(4)28/h5-8H,9-13H2,1-4H3. The van der Waals surface area contributed by atoms with E-state index in [1.165, 1.54) is 26.0 Å². The van der Waals surface area contributed by atoms with Crippen molar-refractivity contribution in [1.82, 2.24) is 14.4 Å². The number of amides is 2. The van der Waals surface area contributed by atoms with Gasteiger partial charge in [0.15, 0.2) is 5.78 Å². The molecule has 154 valence electrons. The summed E-state index contributed by atoms with van der Waals surface area (Å²) in [5.74, 6) is -0.558. The van der Waals surface area contributed by atoms with Crippen molar-refractivity contribution in [2.75, 3.05) is 26.2 Å². The third kappa shape index (κ3) is 4.09. The van der Waals surface area contributed by atoms with E-state index in [9.17, 15) is 18.8 Å². The zero-order chi connectivity index (χ0) is 21.3. The topological polar surface area (TPSA) is 62.6 Å². The number of carbonyl (C=O) groups excluding carboxylic acids is 3. The first-order chi connectivity index (χ1) is 13.7. The normalized spacial score (nSPS) is 14.2. The van der Waals surface area contributed by atoms with E-state index in [0.717, 1.165) is 11.3 Å². The van der Waals surface area contributed by atoms with E-state index in [1.807, 2.05) is 11.5 Å². The van der Waals surface area contributed by atoms with E-state index < -0.39 is 0 Å². The lowest BCUT2D eigenvalue weighted by atomic mass is 10.1. The number of ketones is 1. The Morgan fingerprint density at radius 2 is 1.48 bits per heavy atom. The number of hydrogen-bond acceptors (Lipinski definition) is 3. The number of aromatic nitrogens is 1. The van der Waals surface area contributed by atoms with Crippen LogP contribution in [0.1, 0.15) is 51.5 Å². The van der Waals surface area contributed by atoms with E-state index in [-0.39, 0.29) is 23.4 Å². The first-order valence-corrected chi connectivity index (χ1v) is 9.70. The SMILES string of the molecule is CC(=O)c1c(C)c(C(=O)N2CCN(C(C)=O)CC2)n(Cc2ccc(F)cc2)c1C. The van der Waals surface area contributed by atoms with E-state index in [2.05, 4.69) is 0 Å². The summed E-state index contributed by atoms with van der Waals surface area (Å²) in [5, 5.41) is 0. The lowest BCUT2D eigenvalue weighted by Crippen LogP contribution is -2.50. The highest BCUT2D eigenvalue weighted by Gasteiger charge is 2.30. The van der Waals surface area contributed by atoms with Gasteiger partial charge in [-0.25, -0.2) is 4.39 Å². The van der Waals surface area contributed by atoms with Crippen molar-refractivity contribution < 1.29 is 18.8 Å². The molecule has 0 bridgehead atoms. The van der Waals surface area contributed by atoms with Gasteiger partial charge < -0.3 is 14.4 Å². The Hall–Kier alpha value is -2.96. The Kier molecular flexibility index (Phi) is 5.86. The molecule has 2 amide bonds. The van der Waals surface area contributed by atoms with Gasteiger partial charge in [-0.3, -0.25) is 14.4 Å². The van der Waals surface area contributed by atoms with Gasteiger partial charge in [-0.15, -0.1) is 0 Å². The van der Waals surface area contributed by atoms with Crippen molar-refractivity contribution in [1.29, 1.82) is 0 Å². The summed E-state index contributed by atoms with van der Waals surface area (Å²) in [7, 11) is 0. The van der Waals surface area contributed by atoms with Crippen molar-refractivity contribution in [3.63, 3.8) is 0 Å². The van der Waals surface area contributed by atoms with Gasteiger partial charge in [0.1, 0.15) is 11.5 Å². The van der Waals surface area contributed by atoms with Gasteiger partial charge >= 0.3 is 0 Å². The Balaban J connectivity index is 1.97. The second-order valence-corrected chi connectivity index (χ2v) is 7.50. The van der Waals surface area contributed by atoms with Gasteiger partial charge in [0, 0.05) is 50.9 Å². The molecule has 0 atom stereocenters. The number of piperazine rings is 1. The quantitative estimate of drug-likeness (QED) is 0.743. The largest absolute Gasteiger partial charge is 0.339 e. The molecule has 29 heavy (non-hydrogen) atoms. The monoisotopic (exact) mass is 399 g/mol. The zero-order valence-corrected chi connectivity index (χ0v) is 17.3. The Bertz CT molecular complexity index is 955. The molecule has 0 aliphatic carbocycles. The highest BCUT2D eigenvalue weighted by Crippen LogP contribution is 2.26. The maximum Gasteiger partial charge on any atom is 0.270 e. The predicted octanol–water partition coefficient (Wildman–Crippen LogP) is 2.80. The smallest absolute Gasteiger partial charge is 0.270 e. The van der Waals surface area contributed by atoms with Crippen LogP contribution in [0.15, 0.2) is 24.3 Å². The molecule has 0 saturated carbocycles. The van der Waals surface area contributed by atoms with Crippen molar-refractivity contribution in [3.8, 4) is 0 Å². The maximum atomic E-state index is 13.4. The highest BCUT2D eigenvalue weighted by molar-refractivity contribution is 6.03. The lowest BCUT2D eigenvalue weighted by molar-refractivity contribution is -0.130. The van der Waals surface area contributed by atoms with Crippen LogP contribution in [-0.2, 0) is 11.3 Å². The summed E-state index contributed by atoms with van der Waals surface area (Å²) >= 11 is 0. The molecule has 1 saturated heterocycles. The van der Waals surface area contributed by atoms with Crippen molar-refractivity contribution in [2.24, 2.45) is 0 Å². The van der Waals surface area contributed by atoms with Crippen LogP contribution in [0.5, 0.6) is 0 Å². The molecule has 6 nitrogen and oxygen atoms in total. The zero-order valence-electron chi connectivity index (χ0n) is 17.3. The number of benzene rings is 1. The summed E-state index contributed by atoms with van der Waals surface area (Å²) < 4.78 is 15.1. The Labute approximate surface area is 169 Å². The maximum absolute atomic E-state index is 13.4. The van der Waals surface area contributed by atoms with Crippen LogP contribution in [0.4, 0.5) is 4.39 Å². The summed E-state index contributed by atoms with van der Waals surface area (Å²) in [4.78, 5) is 40.6. The van der Waals surface area contributed by atoms with Gasteiger partial charge in [-0.1, -0.05) is 12.1 Å². The predicted molar refractivity (Wildman–Crippen MR) is 108 cm³/mol. The van der Waals surface area contributed by atoms with Gasteiger partial charge in [-0.2, -0.15) is 0 Å². The second-order valence-electron chi connectivity index (χ2n) is 7.50. The first-order valence-electron chi connectivity index (χ1n) is 9.70. The summed E-state index contributed by atoms with van der Waals surface area (Å²) in [6, 6.07) is 6.12. The molecule has 1 aliphatic rings. The minimum atomic E-state index is -0.321. The second kappa shape index (κ2) is 8.19. The Morgan fingerprint density at radius 3 is 2.00 bits per heavy atom. The molecule has 3 rings (SSSR count). The summed E-state index contributed by atoms with van der Waals surface area (Å²) in [6.07, 6.45) is 0. The molecule has 2 aromatic rings. The first kappa shape index (κ1) is 20.8. The fourth-order valence-corrected chi connectivity index (χ4v) is 4.03. The van der Waals surface area contributed by atoms with Gasteiger partial charge in [-0.05, 0) is 44.0 Å². The number of halogens is 1. The molecule has 0 spiro atoms. The molecule has 7 heteroatoms. The third-order valence-corrected chi connectivity index (χ3v) is 5.59. The summed E-state index contributed by atoms with van der Waals surface area (Å²) in [5.41, 5.74) is 3.27. The molecule has 1 aliphatic heterocycles. The number of nitrogens with zero attached hydrogens (tertiary/aromatic N) is 3. The fraction of sp³-hybridized carbons (Fsp3) is 0.409. The molecule has 0 N–H and O–H groups in total. The van der Waals surface area contributed by atoms with Crippen molar-refractivity contribution in [2.45, 2.75) is 34.2 Å². The van der Waals surface area contributed by atoms with Crippen LogP contribution in [0.3, 0.4) is 0 Å². The average Bonchev–Trinajstić information content (AvgIpc) is 2.93. The van der Waals surface area contributed by atoms with Gasteiger partial charge in [0.25, 0.3) is 5.91 Å². The van der Waals surface area contributed by atoms with E-state index >= 15 is 0 Å². The molecule has 1 fully saturated rings. The van der Waals surface area contributed by atoms with Crippen LogP contribution in [0.2, 0.25) is 0 Å². The van der Waals surface area contributed by atoms with Crippen LogP contribution in [0.25, 0.3) is 0 Å². The van der Waals surface area contributed by atoms with Crippen LogP contribution in [-0.4, -0.2) is 58.1 Å². The average molecular weight is 399 g/mol. The van der Waals surface area contributed by atoms with E-state index in [1.54, 1.807) is 28.9 Å². The highest BCUT2D eigenvalue weighted by atomic mass is 19.1. The molecule has 1 aromatic carbocycles. The molecule has 2 heterocycles. The Morgan fingerprint density at radius 1 is 0.931 bits per heavy atom. The van der Waals surface area contributed by atoms with Crippen molar-refractivity contribution >= 4 is 17.6 Å². The van der Waals surface area contributed by atoms with Crippen LogP contribution in [0, 0.1) is 19.7 Å². The number of hydrogen-bond donors (Lipinski definition) is 0. The third-order valence-electron chi connectivity index (χ3n) is 5.59. The number of Topliss-reactive ketones (excluding diaryl/α,β-unsaturated/α-hetero) is 1. The molecule has 0 unspecified atom stereocenters. The number of carbonyl (C=O) groups is 3. The molecular weight excluding hydrogens is 373 g/mol. The van der Waals surface area contributed by atoms with Gasteiger partial charge in [0.05, 0.1) is 0 Å². The molecule has 1 aromatic heterocycles. The molecular formula is C22H26FN3O3. The lowest BCUT2D eigenvalue weighted by Gasteiger charge is -2.34. The van der Waals surface area contributed by atoms with E-state index in [4.69, 9.17) is 0 Å².